The van der Waals surface area contributed by atoms with Crippen molar-refractivity contribution < 1.29 is 33.1 Å². The summed E-state index contributed by atoms with van der Waals surface area (Å²) in [6.45, 7) is 2.72. The van der Waals surface area contributed by atoms with Crippen LogP contribution in [0.5, 0.6) is 0 Å². The van der Waals surface area contributed by atoms with Gasteiger partial charge >= 0.3 is 5.97 Å². The van der Waals surface area contributed by atoms with Gasteiger partial charge in [0.15, 0.2) is 0 Å². The van der Waals surface area contributed by atoms with E-state index in [0.717, 1.165) is 19.3 Å². The molecule has 0 aliphatic carbocycles. The highest BCUT2D eigenvalue weighted by molar-refractivity contribution is 7.57. The molecule has 0 aromatic heterocycles. The van der Waals surface area contributed by atoms with Crippen LogP contribution in [0.4, 0.5) is 0 Å². The number of hydrogen-bond acceptors (Lipinski definition) is 6. The van der Waals surface area contributed by atoms with Crippen LogP contribution in [0.1, 0.15) is 110 Å². The average molecular weight is 522 g/mol. The summed E-state index contributed by atoms with van der Waals surface area (Å²) in [7, 11) is 2.50. The Morgan fingerprint density at radius 1 is 0.829 bits per heavy atom. The highest BCUT2D eigenvalue weighted by Gasteiger charge is 2.13. The Labute approximate surface area is 216 Å². The van der Waals surface area contributed by atoms with E-state index in [-0.39, 0.29) is 25.8 Å². The molecule has 0 aliphatic rings. The second kappa shape index (κ2) is 21.6. The van der Waals surface area contributed by atoms with Crippen LogP contribution in [0.15, 0.2) is 0 Å². The third-order valence-corrected chi connectivity index (χ3v) is 7.05. The summed E-state index contributed by atoms with van der Waals surface area (Å²) in [6, 6.07) is 0. The normalized spacial score (nSPS) is 14.6. The molecule has 2 atom stereocenters. The fraction of sp³-hybridized carbons (Fsp3) is 0.926. The summed E-state index contributed by atoms with van der Waals surface area (Å²) in [5, 5.41) is 9.91. The number of likely N-dealkylation sites (N-methyl/N-ethyl adjacent to an activating group) is 1. The summed E-state index contributed by atoms with van der Waals surface area (Å²) < 4.78 is 16.1. The van der Waals surface area contributed by atoms with E-state index in [9.17, 15) is 14.8 Å². The van der Waals surface area contributed by atoms with Gasteiger partial charge in [-0.1, -0.05) is 103 Å². The summed E-state index contributed by atoms with van der Waals surface area (Å²) in [5.41, 5.74) is 0. The van der Waals surface area contributed by atoms with Gasteiger partial charge in [-0.05, 0) is 6.42 Å². The van der Waals surface area contributed by atoms with Crippen molar-refractivity contribution in [3.05, 3.63) is 0 Å². The largest absolute Gasteiger partial charge is 0.789 e. The zero-order valence-corrected chi connectivity index (χ0v) is 24.2. The van der Waals surface area contributed by atoms with E-state index in [0.29, 0.717) is 17.4 Å². The third-order valence-electron chi connectivity index (χ3n) is 5.93. The lowest BCUT2D eigenvalue weighted by atomic mass is 10.0. The number of esters is 1. The first-order valence-electron chi connectivity index (χ1n) is 13.9. The second-order valence-corrected chi connectivity index (χ2v) is 12.5. The number of aliphatic hydroxyl groups excluding tert-OH is 1. The van der Waals surface area contributed by atoms with Crippen molar-refractivity contribution in [1.29, 1.82) is 0 Å². The lowest BCUT2D eigenvalue weighted by molar-refractivity contribution is -0.870. The first kappa shape index (κ1) is 34.6. The van der Waals surface area contributed by atoms with Gasteiger partial charge in [0.1, 0.15) is 25.9 Å². The van der Waals surface area contributed by atoms with E-state index >= 15 is 0 Å². The molecule has 0 aliphatic heterocycles. The fourth-order valence-corrected chi connectivity index (χ4v) is 4.47. The molecule has 0 radical (unpaired) electrons. The van der Waals surface area contributed by atoms with Gasteiger partial charge in [0.2, 0.25) is 0 Å². The minimum atomic E-state index is -3.49. The van der Waals surface area contributed by atoms with Crippen molar-refractivity contribution in [3.8, 4) is 0 Å². The molecule has 0 heterocycles. The van der Waals surface area contributed by atoms with Gasteiger partial charge in [-0.2, -0.15) is 0 Å². The minimum absolute atomic E-state index is 0.184. The van der Waals surface area contributed by atoms with Crippen molar-refractivity contribution in [3.63, 3.8) is 0 Å². The van der Waals surface area contributed by atoms with Crippen LogP contribution in [-0.2, 0) is 18.6 Å². The zero-order valence-electron chi connectivity index (χ0n) is 23.3. The predicted octanol–water partition coefficient (Wildman–Crippen LogP) is 5.45. The van der Waals surface area contributed by atoms with Crippen molar-refractivity contribution in [2.45, 2.75) is 116 Å². The van der Waals surface area contributed by atoms with Gasteiger partial charge in [-0.25, -0.2) is 0 Å². The number of carbonyl (C=O) groups is 1. The van der Waals surface area contributed by atoms with E-state index < -0.39 is 13.7 Å². The van der Waals surface area contributed by atoms with Crippen LogP contribution in [0.25, 0.3) is 0 Å². The topological polar surface area (TPSA) is 88.1 Å². The van der Waals surface area contributed by atoms with E-state index in [4.69, 9.17) is 13.8 Å². The van der Waals surface area contributed by atoms with Crippen molar-refractivity contribution in [2.75, 3.05) is 47.5 Å². The smallest absolute Gasteiger partial charge is 0.305 e. The first-order valence-corrected chi connectivity index (χ1v) is 15.7. The fourth-order valence-electron chi connectivity index (χ4n) is 3.64. The van der Waals surface area contributed by atoms with E-state index in [1.165, 1.54) is 77.0 Å². The van der Waals surface area contributed by atoms with Crippen LogP contribution in [0, 0.1) is 0 Å². The van der Waals surface area contributed by atoms with Crippen LogP contribution in [0.3, 0.4) is 0 Å². The Kier molecular flexibility index (Phi) is 21.4. The number of aliphatic hydroxyl groups is 1. The third kappa shape index (κ3) is 26.4. The maximum atomic E-state index is 12.1. The summed E-state index contributed by atoms with van der Waals surface area (Å²) in [6.07, 6.45) is 21.9. The van der Waals surface area contributed by atoms with Gasteiger partial charge in [-0.15, -0.1) is 0 Å². The Morgan fingerprint density at radius 2 is 1.29 bits per heavy atom. The number of nitrogens with zero attached hydrogens (tertiary/aromatic N) is 1. The molecule has 1 N–H and O–H groups in total. The Hall–Kier alpha value is -0.430. The molecular weight excluding hydrogens is 465 g/mol. The number of unbranched alkanes of at least 4 members (excludes halogenated alkanes) is 14. The maximum Gasteiger partial charge on any atom is 0.305 e. The molecule has 210 valence electrons. The first-order chi connectivity index (χ1) is 16.6. The molecule has 0 rings (SSSR count). The molecule has 0 aromatic rings. The number of ether oxygens (including phenoxy) is 1. The maximum absolute atomic E-state index is 12.1. The second-order valence-electron chi connectivity index (χ2n) is 10.8. The molecule has 0 bridgehead atoms. The van der Waals surface area contributed by atoms with Crippen LogP contribution < -0.4 is 4.89 Å². The summed E-state index contributed by atoms with van der Waals surface area (Å²) in [5.74, 6) is -0.323. The molecule has 0 spiro atoms. The lowest BCUT2D eigenvalue weighted by Gasteiger charge is -2.32. The van der Waals surface area contributed by atoms with Gasteiger partial charge in [0.25, 0.3) is 0 Å². The molecule has 0 saturated carbocycles. The summed E-state index contributed by atoms with van der Waals surface area (Å²) >= 11 is 0. The standard InChI is InChI=1S/C27H56NO6P/c1-6-7-8-9-10-11-12-13-14-15-16-17-18-19-20-21-27(30)32-24-26(29)25-34-35(5,31)33-23-22-28(2,3)4/h26,29H,5-25H2,1-4H3/t26-,35?/m1/s1. The van der Waals surface area contributed by atoms with Crippen LogP contribution >= 0.6 is 7.57 Å². The number of rotatable bonds is 25. The van der Waals surface area contributed by atoms with Gasteiger partial charge < -0.3 is 28.3 Å². The minimum Gasteiger partial charge on any atom is -0.789 e. The molecule has 0 aromatic carbocycles. The van der Waals surface area contributed by atoms with Crippen LogP contribution in [0.2, 0.25) is 0 Å². The highest BCUT2D eigenvalue weighted by Crippen LogP contribution is 2.37. The van der Waals surface area contributed by atoms with Crippen molar-refractivity contribution >= 4 is 19.8 Å². The number of carbonyl (C=O) groups excluding carboxylic acids is 1. The van der Waals surface area contributed by atoms with E-state index in [2.05, 4.69) is 13.2 Å². The monoisotopic (exact) mass is 521 g/mol. The van der Waals surface area contributed by atoms with E-state index in [1.54, 1.807) is 0 Å². The SMILES string of the molecule is C=P([O-])(OCC[N+](C)(C)C)OC[C@H](O)COC(=O)CCCCCCCCCCCCCCCCC. The molecule has 0 amide bonds. The molecule has 7 nitrogen and oxygen atoms in total. The van der Waals surface area contributed by atoms with E-state index in [1.807, 2.05) is 21.1 Å². The van der Waals surface area contributed by atoms with Gasteiger partial charge in [0, 0.05) is 14.0 Å². The Balaban J connectivity index is 3.53. The number of quaternary nitrogens is 1. The van der Waals surface area contributed by atoms with Crippen LogP contribution in [-0.4, -0.2) is 75.5 Å². The molecule has 0 fully saturated rings. The predicted molar refractivity (Wildman–Crippen MR) is 145 cm³/mol. The molecule has 0 saturated heterocycles. The Bertz CT molecular complexity index is 552. The molecule has 35 heavy (non-hydrogen) atoms. The molecule has 8 heteroatoms. The van der Waals surface area contributed by atoms with Gasteiger partial charge in [-0.3, -0.25) is 4.79 Å². The van der Waals surface area contributed by atoms with Crippen molar-refractivity contribution in [2.24, 2.45) is 0 Å². The van der Waals surface area contributed by atoms with Crippen molar-refractivity contribution in [1.82, 2.24) is 0 Å². The number of hydrogen-bond donors (Lipinski definition) is 1. The zero-order chi connectivity index (χ0) is 26.4. The average Bonchev–Trinajstić information content (AvgIpc) is 2.78. The Morgan fingerprint density at radius 3 is 1.74 bits per heavy atom. The molecule has 1 unspecified atom stereocenters. The summed E-state index contributed by atoms with van der Waals surface area (Å²) in [4.78, 5) is 24.0. The molecular formula is C27H56NO6P. The lowest BCUT2D eigenvalue weighted by Crippen LogP contribution is -2.37. The van der Waals surface area contributed by atoms with Gasteiger partial charge in [0.05, 0.1) is 27.7 Å². The highest BCUT2D eigenvalue weighted by atomic mass is 31.2. The quantitative estimate of drug-likeness (QED) is 0.0744.